The van der Waals surface area contributed by atoms with Crippen molar-refractivity contribution in [3.05, 3.63) is 12.2 Å². The van der Waals surface area contributed by atoms with Crippen LogP contribution in [0.5, 0.6) is 0 Å². The van der Waals surface area contributed by atoms with Gasteiger partial charge in [0, 0.05) is 44.1 Å². The molecule has 0 amide bonds. The minimum Gasteiger partial charge on any atom is -0.462 e. The van der Waals surface area contributed by atoms with Crippen LogP contribution < -0.4 is 0 Å². The average Bonchev–Trinajstić information content (AvgIpc) is 2.86. The first-order chi connectivity index (χ1) is 17.4. The first-order valence-corrected chi connectivity index (χ1v) is 13.6. The molecule has 1 heterocycles. The van der Waals surface area contributed by atoms with Crippen molar-refractivity contribution >= 4 is 23.7 Å². The largest absolute Gasteiger partial charge is 0.462 e. The van der Waals surface area contributed by atoms with E-state index in [2.05, 4.69) is 27.4 Å². The number of esters is 3. The van der Waals surface area contributed by atoms with Crippen LogP contribution >= 0.6 is 0 Å². The van der Waals surface area contributed by atoms with Crippen LogP contribution in [0.3, 0.4) is 0 Å². The SMILES string of the molecule is C=C1C(=O)[C@]23[C@H]4OC(C)(C)O[C@@H]2C[C@@H]2C(C)(C)CC[C@@H](OC(C)=O)[C@@]2(C)[C@@H]3[C@@H](OC(C)=O)C[C@@]14OC(C)=O. The van der Waals surface area contributed by atoms with Crippen LogP contribution in [0.25, 0.3) is 0 Å². The minimum atomic E-state index is -1.51. The fourth-order valence-electron chi connectivity index (χ4n) is 9.37. The summed E-state index contributed by atoms with van der Waals surface area (Å²) in [5, 5.41) is 0. The van der Waals surface area contributed by atoms with Gasteiger partial charge in [0.25, 0.3) is 0 Å². The standard InChI is InChI=1S/C29H40O9/c1-14-23(33)29-21-12-19-25(5,6)11-10-20(35-16(3)31)27(19,9)22(29)18(34-15(2)30)13-28(14,36-17(4)32)24(29)38-26(7,8)37-21/h18-22,24H,1,10-13H2,2-9H3/t18-,19+,20+,21+,22-,24-,27-,28+,29-/m0/s1. The number of hydrogen-bond donors (Lipinski definition) is 0. The molecular weight excluding hydrogens is 492 g/mol. The van der Waals surface area contributed by atoms with Gasteiger partial charge in [-0.25, -0.2) is 0 Å². The molecule has 4 saturated carbocycles. The van der Waals surface area contributed by atoms with Gasteiger partial charge < -0.3 is 23.7 Å². The van der Waals surface area contributed by atoms with E-state index in [0.717, 1.165) is 6.42 Å². The van der Waals surface area contributed by atoms with Crippen molar-refractivity contribution < 1.29 is 42.9 Å². The van der Waals surface area contributed by atoms with Gasteiger partial charge in [0.15, 0.2) is 17.2 Å². The van der Waals surface area contributed by atoms with Gasteiger partial charge in [0.05, 0.1) is 11.5 Å². The van der Waals surface area contributed by atoms with Gasteiger partial charge in [-0.3, -0.25) is 19.2 Å². The Morgan fingerprint density at radius 2 is 1.58 bits per heavy atom. The van der Waals surface area contributed by atoms with Crippen LogP contribution in [0, 0.1) is 28.1 Å². The van der Waals surface area contributed by atoms with E-state index in [9.17, 15) is 19.2 Å². The van der Waals surface area contributed by atoms with Crippen molar-refractivity contribution in [1.82, 2.24) is 0 Å². The molecule has 1 saturated heterocycles. The molecule has 0 aromatic heterocycles. The third-order valence-electron chi connectivity index (χ3n) is 10.3. The van der Waals surface area contributed by atoms with Gasteiger partial charge in [-0.15, -0.1) is 0 Å². The Balaban J connectivity index is 1.82. The molecule has 5 aliphatic rings. The van der Waals surface area contributed by atoms with Crippen LogP contribution in [0.4, 0.5) is 0 Å². The predicted molar refractivity (Wildman–Crippen MR) is 133 cm³/mol. The van der Waals surface area contributed by atoms with E-state index >= 15 is 0 Å². The fourth-order valence-corrected chi connectivity index (χ4v) is 9.37. The first kappa shape index (κ1) is 27.3. The normalized spacial score (nSPS) is 45.9. The molecule has 0 aromatic carbocycles. The van der Waals surface area contributed by atoms with Crippen LogP contribution in [-0.4, -0.2) is 59.5 Å². The van der Waals surface area contributed by atoms with E-state index < -0.39 is 70.5 Å². The Hall–Kier alpha value is -2.26. The summed E-state index contributed by atoms with van der Waals surface area (Å²) in [4.78, 5) is 51.9. The highest BCUT2D eigenvalue weighted by Gasteiger charge is 2.85. The third-order valence-corrected chi connectivity index (χ3v) is 10.3. The lowest BCUT2D eigenvalue weighted by atomic mass is 9.38. The highest BCUT2D eigenvalue weighted by molar-refractivity contribution is 6.07. The van der Waals surface area contributed by atoms with Crippen molar-refractivity contribution in [2.45, 2.75) is 117 Å². The molecular formula is C29H40O9. The summed E-state index contributed by atoms with van der Waals surface area (Å²) >= 11 is 0. The van der Waals surface area contributed by atoms with Crippen molar-refractivity contribution in [3.8, 4) is 0 Å². The molecule has 9 heteroatoms. The Morgan fingerprint density at radius 1 is 0.947 bits per heavy atom. The van der Waals surface area contributed by atoms with Gasteiger partial charge >= 0.3 is 17.9 Å². The number of hydrogen-bond acceptors (Lipinski definition) is 9. The molecule has 38 heavy (non-hydrogen) atoms. The highest BCUT2D eigenvalue weighted by atomic mass is 16.7. The molecule has 5 fully saturated rings. The summed E-state index contributed by atoms with van der Waals surface area (Å²) in [5.74, 6) is -3.55. The zero-order valence-corrected chi connectivity index (χ0v) is 23.7. The van der Waals surface area contributed by atoms with Gasteiger partial charge in [-0.05, 0) is 44.4 Å². The maximum absolute atomic E-state index is 14.6. The fraction of sp³-hybridized carbons (Fsp3) is 0.793. The summed E-state index contributed by atoms with van der Waals surface area (Å²) < 4.78 is 31.1. The van der Waals surface area contributed by atoms with Crippen molar-refractivity contribution in [2.75, 3.05) is 0 Å². The molecule has 2 bridgehead atoms. The minimum absolute atomic E-state index is 0.0200. The van der Waals surface area contributed by atoms with Crippen LogP contribution in [-0.2, 0) is 42.9 Å². The zero-order valence-electron chi connectivity index (χ0n) is 23.7. The van der Waals surface area contributed by atoms with Crippen LogP contribution in [0.15, 0.2) is 12.2 Å². The Morgan fingerprint density at radius 3 is 2.16 bits per heavy atom. The van der Waals surface area contributed by atoms with E-state index in [1.807, 2.05) is 0 Å². The van der Waals surface area contributed by atoms with E-state index in [1.54, 1.807) is 13.8 Å². The van der Waals surface area contributed by atoms with E-state index in [1.165, 1.54) is 20.8 Å². The number of Topliss-reactive ketones (excluding diaryl/α,β-unsaturated/α-hetero) is 1. The summed E-state index contributed by atoms with van der Waals surface area (Å²) in [7, 11) is 0. The van der Waals surface area contributed by atoms with Crippen molar-refractivity contribution in [1.29, 1.82) is 0 Å². The number of ketones is 1. The second-order valence-electron chi connectivity index (χ2n) is 13.3. The summed E-state index contributed by atoms with van der Waals surface area (Å²) in [6.07, 6.45) is -0.921. The number of rotatable bonds is 3. The third kappa shape index (κ3) is 3.36. The molecule has 210 valence electrons. The molecule has 4 aliphatic carbocycles. The quantitative estimate of drug-likeness (QED) is 0.305. The van der Waals surface area contributed by atoms with E-state index in [0.29, 0.717) is 12.8 Å². The highest BCUT2D eigenvalue weighted by Crippen LogP contribution is 2.75. The average molecular weight is 533 g/mol. The number of carbonyl (C=O) groups excluding carboxylic acids is 4. The van der Waals surface area contributed by atoms with Gasteiger partial charge in [0.2, 0.25) is 0 Å². The van der Waals surface area contributed by atoms with Crippen LogP contribution in [0.2, 0.25) is 0 Å². The smallest absolute Gasteiger partial charge is 0.303 e. The van der Waals surface area contributed by atoms with Crippen molar-refractivity contribution in [2.24, 2.45) is 28.1 Å². The molecule has 0 unspecified atom stereocenters. The molecule has 0 N–H and O–H groups in total. The molecule has 5 rings (SSSR count). The maximum atomic E-state index is 14.6. The lowest BCUT2D eigenvalue weighted by molar-refractivity contribution is -0.406. The second kappa shape index (κ2) is 8.13. The monoisotopic (exact) mass is 532 g/mol. The first-order valence-electron chi connectivity index (χ1n) is 13.6. The molecule has 9 atom stereocenters. The summed E-state index contributed by atoms with van der Waals surface area (Å²) in [6, 6.07) is 0. The predicted octanol–water partition coefficient (Wildman–Crippen LogP) is 3.66. The Labute approximate surface area is 223 Å². The molecule has 1 spiro atoms. The molecule has 0 radical (unpaired) electrons. The summed E-state index contributed by atoms with van der Waals surface area (Å²) in [5.41, 5.74) is -3.69. The zero-order chi connectivity index (χ0) is 28.2. The Bertz CT molecular complexity index is 1120. The van der Waals surface area contributed by atoms with Gasteiger partial charge in [0.1, 0.15) is 18.3 Å². The lowest BCUT2D eigenvalue weighted by Crippen LogP contribution is -2.78. The number of fused-ring (bicyclic) bond motifs is 2. The Kier molecular flexibility index (Phi) is 5.84. The second-order valence-corrected chi connectivity index (χ2v) is 13.3. The topological polar surface area (TPSA) is 114 Å². The lowest BCUT2D eigenvalue weighted by Gasteiger charge is -2.70. The van der Waals surface area contributed by atoms with E-state index in [-0.39, 0.29) is 29.1 Å². The van der Waals surface area contributed by atoms with Crippen molar-refractivity contribution in [3.63, 3.8) is 0 Å². The van der Waals surface area contributed by atoms with Crippen LogP contribution in [0.1, 0.15) is 81.1 Å². The van der Waals surface area contributed by atoms with Gasteiger partial charge in [-0.2, -0.15) is 0 Å². The molecule has 1 aliphatic heterocycles. The van der Waals surface area contributed by atoms with E-state index in [4.69, 9.17) is 23.7 Å². The number of carbonyl (C=O) groups is 4. The molecule has 0 aromatic rings. The van der Waals surface area contributed by atoms with Gasteiger partial charge in [-0.1, -0.05) is 27.4 Å². The molecule has 9 nitrogen and oxygen atoms in total. The summed E-state index contributed by atoms with van der Waals surface area (Å²) in [6.45, 7) is 18.2. The maximum Gasteiger partial charge on any atom is 0.303 e. The number of ether oxygens (including phenoxy) is 5.